The number of rotatable bonds is 1. The maximum atomic E-state index is 13.4. The zero-order chi connectivity index (χ0) is 21.7. The molecule has 0 aromatic heterocycles. The van der Waals surface area contributed by atoms with E-state index in [1.807, 2.05) is 20.8 Å². The molecule has 4 aliphatic carbocycles. The molecule has 1 spiro atoms. The normalized spacial score (nSPS) is 53.2. The summed E-state index contributed by atoms with van der Waals surface area (Å²) in [5.41, 5.74) is -2.88. The topological polar surface area (TPSA) is 121 Å². The Hall–Kier alpha value is -1.31. The first-order valence-corrected chi connectivity index (χ1v) is 10.6. The average molecular weight is 408 g/mol. The third-order valence-corrected chi connectivity index (χ3v) is 9.27. The molecule has 0 aromatic carbocycles. The lowest BCUT2D eigenvalue weighted by molar-refractivity contribution is -0.266. The fraction of sp³-hybridized carbons (Fsp3) is 0.864. The van der Waals surface area contributed by atoms with Crippen LogP contribution in [0, 0.1) is 39.9 Å². The maximum absolute atomic E-state index is 13.4. The van der Waals surface area contributed by atoms with Crippen molar-refractivity contribution >= 4 is 17.5 Å². The van der Waals surface area contributed by atoms with Gasteiger partial charge in [-0.15, -0.1) is 0 Å². The minimum Gasteiger partial charge on any atom is -0.462 e. The van der Waals surface area contributed by atoms with Crippen LogP contribution in [0.15, 0.2) is 0 Å². The number of ether oxygens (including phenoxy) is 1. The van der Waals surface area contributed by atoms with Crippen molar-refractivity contribution in [1.82, 2.24) is 0 Å². The van der Waals surface area contributed by atoms with Gasteiger partial charge in [-0.25, -0.2) is 0 Å². The third-order valence-electron chi connectivity index (χ3n) is 9.27. The van der Waals surface area contributed by atoms with E-state index in [0.29, 0.717) is 0 Å². The van der Waals surface area contributed by atoms with E-state index in [2.05, 4.69) is 0 Å². The van der Waals surface area contributed by atoms with Gasteiger partial charge in [-0.3, -0.25) is 14.4 Å². The highest BCUT2D eigenvalue weighted by Crippen LogP contribution is 2.70. The number of Topliss-reactive ketones (excluding diaryl/α,β-unsaturated/α-hetero) is 2. The molecule has 0 aromatic rings. The van der Waals surface area contributed by atoms with Crippen molar-refractivity contribution in [2.24, 2.45) is 39.9 Å². The molecule has 162 valence electrons. The van der Waals surface area contributed by atoms with E-state index >= 15 is 0 Å². The third kappa shape index (κ3) is 2.27. The highest BCUT2D eigenvalue weighted by atomic mass is 16.5. The SMILES string of the molecule is CC(=O)O[C@H]1C[C@H](O)[C@]2(C)[C@H](C[C@@H](O)[C@]34C(=O)[C@H](C)[C@H](C(=O)C[C@@H]23)[C@H]4O)C1(C)C. The lowest BCUT2D eigenvalue weighted by Crippen LogP contribution is -2.72. The van der Waals surface area contributed by atoms with Gasteiger partial charge in [0.05, 0.1) is 29.6 Å². The second kappa shape index (κ2) is 6.11. The minimum absolute atomic E-state index is 0.0627. The number of carbonyl (C=O) groups excluding carboxylic acids is 3. The Kier molecular flexibility index (Phi) is 4.41. The zero-order valence-electron chi connectivity index (χ0n) is 17.7. The van der Waals surface area contributed by atoms with Gasteiger partial charge in [-0.05, 0) is 18.3 Å². The number of aliphatic hydroxyl groups excluding tert-OH is 3. The maximum Gasteiger partial charge on any atom is 0.302 e. The Morgan fingerprint density at radius 3 is 2.24 bits per heavy atom. The van der Waals surface area contributed by atoms with Crippen LogP contribution < -0.4 is 0 Å². The van der Waals surface area contributed by atoms with Crippen LogP contribution in [0.1, 0.15) is 53.9 Å². The Morgan fingerprint density at radius 1 is 1.03 bits per heavy atom. The first-order valence-electron chi connectivity index (χ1n) is 10.6. The molecule has 0 amide bonds. The molecule has 4 aliphatic rings. The Morgan fingerprint density at radius 2 is 1.66 bits per heavy atom. The largest absolute Gasteiger partial charge is 0.462 e. The molecule has 3 N–H and O–H groups in total. The quantitative estimate of drug-likeness (QED) is 0.550. The van der Waals surface area contributed by atoms with Gasteiger partial charge in [0.2, 0.25) is 0 Å². The van der Waals surface area contributed by atoms with Crippen molar-refractivity contribution in [3.8, 4) is 0 Å². The van der Waals surface area contributed by atoms with Gasteiger partial charge in [0, 0.05) is 36.5 Å². The molecule has 0 heterocycles. The van der Waals surface area contributed by atoms with Crippen LogP contribution in [0.5, 0.6) is 0 Å². The van der Waals surface area contributed by atoms with Crippen LogP contribution in [-0.2, 0) is 19.1 Å². The van der Waals surface area contributed by atoms with Crippen LogP contribution in [-0.4, -0.2) is 57.3 Å². The lowest BCUT2D eigenvalue weighted by atomic mass is 9.38. The molecule has 7 heteroatoms. The van der Waals surface area contributed by atoms with E-state index in [1.165, 1.54) is 6.92 Å². The summed E-state index contributed by atoms with van der Waals surface area (Å²) in [6.07, 6.45) is -3.36. The number of ketones is 2. The number of carbonyl (C=O) groups is 3. The average Bonchev–Trinajstić information content (AvgIpc) is 2.74. The van der Waals surface area contributed by atoms with Gasteiger partial charge in [-0.2, -0.15) is 0 Å². The van der Waals surface area contributed by atoms with Gasteiger partial charge in [0.1, 0.15) is 17.7 Å². The number of aliphatic hydroxyl groups is 3. The van der Waals surface area contributed by atoms with E-state index in [0.717, 1.165) is 0 Å². The van der Waals surface area contributed by atoms with Crippen LogP contribution in [0.25, 0.3) is 0 Å². The van der Waals surface area contributed by atoms with E-state index in [1.54, 1.807) is 6.92 Å². The molecule has 0 aliphatic heterocycles. The summed E-state index contributed by atoms with van der Waals surface area (Å²) in [7, 11) is 0. The molecule has 10 atom stereocenters. The molecule has 29 heavy (non-hydrogen) atoms. The first kappa shape index (κ1) is 20.9. The summed E-state index contributed by atoms with van der Waals surface area (Å²) in [6, 6.07) is 0. The summed E-state index contributed by atoms with van der Waals surface area (Å²) in [6.45, 7) is 8.76. The molecule has 2 bridgehead atoms. The highest BCUT2D eigenvalue weighted by molar-refractivity contribution is 6.01. The molecular formula is C22H32O7. The summed E-state index contributed by atoms with van der Waals surface area (Å²) < 4.78 is 5.52. The first-order chi connectivity index (χ1) is 13.3. The van der Waals surface area contributed by atoms with Crippen LogP contribution in [0.2, 0.25) is 0 Å². The molecule has 0 unspecified atom stereocenters. The monoisotopic (exact) mass is 408 g/mol. The predicted molar refractivity (Wildman–Crippen MR) is 101 cm³/mol. The van der Waals surface area contributed by atoms with E-state index in [-0.39, 0.29) is 36.7 Å². The van der Waals surface area contributed by atoms with Gasteiger partial charge in [-0.1, -0.05) is 27.7 Å². The molecule has 4 fully saturated rings. The van der Waals surface area contributed by atoms with E-state index in [9.17, 15) is 29.7 Å². The van der Waals surface area contributed by atoms with Gasteiger partial charge >= 0.3 is 5.97 Å². The van der Waals surface area contributed by atoms with E-state index < -0.39 is 64.4 Å². The van der Waals surface area contributed by atoms with Gasteiger partial charge < -0.3 is 20.1 Å². The number of esters is 1. The summed E-state index contributed by atoms with van der Waals surface area (Å²) >= 11 is 0. The van der Waals surface area contributed by atoms with Gasteiger partial charge in [0.25, 0.3) is 0 Å². The molecular weight excluding hydrogens is 376 g/mol. The van der Waals surface area contributed by atoms with Crippen LogP contribution in [0.3, 0.4) is 0 Å². The fourth-order valence-corrected chi connectivity index (χ4v) is 7.81. The lowest BCUT2D eigenvalue weighted by Gasteiger charge is -2.67. The second-order valence-corrected chi connectivity index (χ2v) is 10.6. The van der Waals surface area contributed by atoms with Crippen LogP contribution >= 0.6 is 0 Å². The minimum atomic E-state index is -1.42. The second-order valence-electron chi connectivity index (χ2n) is 10.6. The van der Waals surface area contributed by atoms with Gasteiger partial charge in [0.15, 0.2) is 0 Å². The standard InChI is InChI=1S/C22H32O7/c1-9-17-11(24)6-13-21(5)12(7-15(26)22(13,18(9)27)19(17)28)20(3,4)16(8-14(21)25)29-10(2)23/h9,12-17,19,25-26,28H,6-8H2,1-5H3/t9-,12-,13+,14+,15-,16+,17-,19-,21-,22+/m1/s1. The predicted octanol–water partition coefficient (Wildman–Crippen LogP) is 0.867. The molecule has 4 saturated carbocycles. The molecule has 0 saturated heterocycles. The Balaban J connectivity index is 1.86. The molecule has 0 radical (unpaired) electrons. The van der Waals surface area contributed by atoms with Crippen molar-refractivity contribution in [2.45, 2.75) is 78.3 Å². The fourth-order valence-electron chi connectivity index (χ4n) is 7.81. The molecule has 4 rings (SSSR count). The smallest absolute Gasteiger partial charge is 0.302 e. The summed E-state index contributed by atoms with van der Waals surface area (Å²) in [4.78, 5) is 37.9. The number of hydrogen-bond donors (Lipinski definition) is 3. The van der Waals surface area contributed by atoms with E-state index in [4.69, 9.17) is 4.74 Å². The van der Waals surface area contributed by atoms with Crippen molar-refractivity contribution in [3.63, 3.8) is 0 Å². The Labute approximate surface area is 170 Å². The number of hydrogen-bond acceptors (Lipinski definition) is 7. The number of fused-ring (bicyclic) bond motifs is 3. The van der Waals surface area contributed by atoms with Crippen molar-refractivity contribution in [3.05, 3.63) is 0 Å². The highest BCUT2D eigenvalue weighted by Gasteiger charge is 2.78. The van der Waals surface area contributed by atoms with Crippen molar-refractivity contribution in [1.29, 1.82) is 0 Å². The Bertz CT molecular complexity index is 775. The summed E-state index contributed by atoms with van der Waals surface area (Å²) in [5, 5.41) is 33.7. The molecule has 7 nitrogen and oxygen atoms in total. The van der Waals surface area contributed by atoms with Crippen molar-refractivity contribution < 1.29 is 34.4 Å². The zero-order valence-corrected chi connectivity index (χ0v) is 17.7. The summed E-state index contributed by atoms with van der Waals surface area (Å²) in [5.74, 6) is -3.24. The van der Waals surface area contributed by atoms with Crippen LogP contribution in [0.4, 0.5) is 0 Å². The van der Waals surface area contributed by atoms with Crippen molar-refractivity contribution in [2.75, 3.05) is 0 Å².